The van der Waals surface area contributed by atoms with E-state index in [1.54, 1.807) is 6.08 Å². The monoisotopic (exact) mass is 475 g/mol. The van der Waals surface area contributed by atoms with Gasteiger partial charge in [0.25, 0.3) is 11.1 Å². The molecule has 1 aliphatic rings. The molecule has 2 amide bonds. The van der Waals surface area contributed by atoms with Crippen molar-refractivity contribution < 1.29 is 14.3 Å². The molecule has 3 rings (SSSR count). The van der Waals surface area contributed by atoms with E-state index < -0.39 is 0 Å². The molecule has 0 atom stereocenters. The Morgan fingerprint density at radius 1 is 1.12 bits per heavy atom. The molecule has 26 heavy (non-hydrogen) atoms. The Labute approximate surface area is 169 Å². The molecular weight excluding hydrogens is 461 g/mol. The molecule has 0 bridgehead atoms. The molecular formula is C20H14INO3S. The Morgan fingerprint density at radius 2 is 1.81 bits per heavy atom. The van der Waals surface area contributed by atoms with Crippen LogP contribution in [0.1, 0.15) is 11.1 Å². The van der Waals surface area contributed by atoms with Gasteiger partial charge in [-0.05, 0) is 75.8 Å². The average Bonchev–Trinajstić information content (AvgIpc) is 2.90. The summed E-state index contributed by atoms with van der Waals surface area (Å²) >= 11 is 3.16. The van der Waals surface area contributed by atoms with E-state index in [4.69, 9.17) is 11.2 Å². The Kier molecular flexibility index (Phi) is 6.01. The quantitative estimate of drug-likeness (QED) is 0.362. The zero-order chi connectivity index (χ0) is 18.5. The van der Waals surface area contributed by atoms with Crippen molar-refractivity contribution >= 4 is 51.6 Å². The number of imide groups is 1. The summed E-state index contributed by atoms with van der Waals surface area (Å²) in [5.41, 5.74) is 1.91. The highest BCUT2D eigenvalue weighted by atomic mass is 127. The number of halogens is 1. The zero-order valence-corrected chi connectivity index (χ0v) is 16.6. The van der Waals surface area contributed by atoms with Crippen LogP contribution in [-0.4, -0.2) is 22.6 Å². The molecule has 2 aromatic rings. The predicted molar refractivity (Wildman–Crippen MR) is 111 cm³/mol. The molecule has 0 aliphatic carbocycles. The summed E-state index contributed by atoms with van der Waals surface area (Å²) in [5, 5.41) is -0.336. The third kappa shape index (κ3) is 4.48. The molecule has 6 heteroatoms. The van der Waals surface area contributed by atoms with E-state index in [0.29, 0.717) is 11.5 Å². The number of terminal acetylenes is 1. The molecule has 0 radical (unpaired) electrons. The van der Waals surface area contributed by atoms with Crippen LogP contribution in [0.25, 0.3) is 6.08 Å². The van der Waals surface area contributed by atoms with E-state index in [2.05, 4.69) is 28.5 Å². The lowest BCUT2D eigenvalue weighted by atomic mass is 10.2. The van der Waals surface area contributed by atoms with Gasteiger partial charge in [0.15, 0.2) is 0 Å². The first-order chi connectivity index (χ1) is 12.6. The van der Waals surface area contributed by atoms with E-state index in [1.165, 1.54) is 3.57 Å². The van der Waals surface area contributed by atoms with Gasteiger partial charge in [-0.15, -0.1) is 6.42 Å². The second kappa shape index (κ2) is 8.43. The predicted octanol–water partition coefficient (Wildman–Crippen LogP) is 4.54. The van der Waals surface area contributed by atoms with Crippen molar-refractivity contribution in [3.05, 3.63) is 68.1 Å². The third-order valence-corrected chi connectivity index (χ3v) is 5.25. The zero-order valence-electron chi connectivity index (χ0n) is 13.6. The van der Waals surface area contributed by atoms with E-state index in [-0.39, 0.29) is 17.7 Å². The fraction of sp³-hybridized carbons (Fsp3) is 0.100. The first-order valence-electron chi connectivity index (χ1n) is 7.73. The van der Waals surface area contributed by atoms with Crippen molar-refractivity contribution in [1.82, 2.24) is 4.90 Å². The summed E-state index contributed by atoms with van der Waals surface area (Å²) in [6.07, 6.45) is 6.87. The number of benzene rings is 2. The van der Waals surface area contributed by atoms with Crippen LogP contribution in [0.5, 0.6) is 5.75 Å². The Balaban J connectivity index is 1.64. The number of nitrogens with zero attached hydrogens (tertiary/aromatic N) is 1. The largest absolute Gasteiger partial charge is 0.489 e. The Hall–Kier alpha value is -2.24. The maximum Gasteiger partial charge on any atom is 0.294 e. The van der Waals surface area contributed by atoms with Crippen molar-refractivity contribution in [2.75, 3.05) is 6.54 Å². The standard InChI is InChI=1S/C20H14INO3S/c1-2-11-22-19(23)18(26-20(22)24)12-14-5-9-17(10-6-14)25-13-15-3-7-16(21)8-4-15/h1,3-10,12H,11,13H2/b18-12+. The van der Waals surface area contributed by atoms with Crippen LogP contribution < -0.4 is 4.74 Å². The second-order valence-electron chi connectivity index (χ2n) is 5.46. The van der Waals surface area contributed by atoms with Crippen LogP contribution in [0.15, 0.2) is 53.4 Å². The highest BCUT2D eigenvalue weighted by molar-refractivity contribution is 14.1. The molecule has 1 aliphatic heterocycles. The van der Waals surface area contributed by atoms with Crippen LogP contribution in [0, 0.1) is 15.9 Å². The van der Waals surface area contributed by atoms with E-state index in [0.717, 1.165) is 33.5 Å². The van der Waals surface area contributed by atoms with Gasteiger partial charge < -0.3 is 4.74 Å². The van der Waals surface area contributed by atoms with Gasteiger partial charge in [-0.1, -0.05) is 30.2 Å². The first kappa shape index (κ1) is 18.5. The molecule has 4 nitrogen and oxygen atoms in total. The van der Waals surface area contributed by atoms with Gasteiger partial charge in [-0.2, -0.15) is 0 Å². The minimum absolute atomic E-state index is 0.00662. The number of carbonyl (C=O) groups excluding carboxylic acids is 2. The van der Waals surface area contributed by atoms with E-state index in [9.17, 15) is 9.59 Å². The molecule has 130 valence electrons. The molecule has 0 N–H and O–H groups in total. The summed E-state index contributed by atoms with van der Waals surface area (Å²) in [4.78, 5) is 25.4. The highest BCUT2D eigenvalue weighted by Gasteiger charge is 2.34. The first-order valence-corrected chi connectivity index (χ1v) is 9.62. The van der Waals surface area contributed by atoms with Gasteiger partial charge >= 0.3 is 0 Å². The lowest BCUT2D eigenvalue weighted by molar-refractivity contribution is -0.122. The smallest absolute Gasteiger partial charge is 0.294 e. The normalized spacial score (nSPS) is 15.4. The lowest BCUT2D eigenvalue weighted by Gasteiger charge is -2.07. The summed E-state index contributed by atoms with van der Waals surface area (Å²) in [6.45, 7) is 0.481. The molecule has 1 heterocycles. The molecule has 0 aromatic heterocycles. The molecule has 0 spiro atoms. The minimum Gasteiger partial charge on any atom is -0.489 e. The van der Waals surface area contributed by atoms with Crippen LogP contribution in [-0.2, 0) is 11.4 Å². The van der Waals surface area contributed by atoms with Gasteiger partial charge in [0.05, 0.1) is 11.4 Å². The maximum atomic E-state index is 12.2. The van der Waals surface area contributed by atoms with Crippen molar-refractivity contribution in [2.45, 2.75) is 6.61 Å². The summed E-state index contributed by atoms with van der Waals surface area (Å²) in [5.74, 6) is 2.71. The number of hydrogen-bond acceptors (Lipinski definition) is 4. The van der Waals surface area contributed by atoms with Crippen molar-refractivity contribution in [3.8, 4) is 18.1 Å². The average molecular weight is 475 g/mol. The van der Waals surface area contributed by atoms with Crippen LogP contribution >= 0.6 is 34.4 Å². The molecule has 2 aromatic carbocycles. The minimum atomic E-state index is -0.350. The highest BCUT2D eigenvalue weighted by Crippen LogP contribution is 2.32. The van der Waals surface area contributed by atoms with Gasteiger partial charge in [-0.25, -0.2) is 0 Å². The van der Waals surface area contributed by atoms with Crippen molar-refractivity contribution in [3.63, 3.8) is 0 Å². The molecule has 1 fully saturated rings. The number of carbonyl (C=O) groups is 2. The summed E-state index contributed by atoms with van der Waals surface area (Å²) < 4.78 is 6.95. The van der Waals surface area contributed by atoms with Crippen molar-refractivity contribution in [1.29, 1.82) is 0 Å². The van der Waals surface area contributed by atoms with Gasteiger partial charge in [0.2, 0.25) is 0 Å². The fourth-order valence-corrected chi connectivity index (χ4v) is 3.48. The van der Waals surface area contributed by atoms with Gasteiger partial charge in [0.1, 0.15) is 12.4 Å². The van der Waals surface area contributed by atoms with E-state index in [1.807, 2.05) is 48.5 Å². The number of thioether (sulfide) groups is 1. The van der Waals surface area contributed by atoms with Gasteiger partial charge in [0, 0.05) is 3.57 Å². The third-order valence-electron chi connectivity index (χ3n) is 3.62. The number of amides is 2. The molecule has 0 unspecified atom stereocenters. The van der Waals surface area contributed by atoms with E-state index >= 15 is 0 Å². The molecule has 0 saturated carbocycles. The Morgan fingerprint density at radius 3 is 2.46 bits per heavy atom. The van der Waals surface area contributed by atoms with Crippen LogP contribution in [0.3, 0.4) is 0 Å². The summed E-state index contributed by atoms with van der Waals surface area (Å²) in [7, 11) is 0. The molecule has 1 saturated heterocycles. The number of rotatable bonds is 5. The number of hydrogen-bond donors (Lipinski definition) is 0. The summed E-state index contributed by atoms with van der Waals surface area (Å²) in [6, 6.07) is 15.5. The van der Waals surface area contributed by atoms with Gasteiger partial charge in [-0.3, -0.25) is 14.5 Å². The lowest BCUT2D eigenvalue weighted by Crippen LogP contribution is -2.28. The van der Waals surface area contributed by atoms with Crippen LogP contribution in [0.2, 0.25) is 0 Å². The second-order valence-corrected chi connectivity index (χ2v) is 7.69. The van der Waals surface area contributed by atoms with Crippen molar-refractivity contribution in [2.24, 2.45) is 0 Å². The SMILES string of the molecule is C#CCN1C(=O)S/C(=C/c2ccc(OCc3ccc(I)cc3)cc2)C1=O. The topological polar surface area (TPSA) is 46.6 Å². The van der Waals surface area contributed by atoms with Crippen LogP contribution in [0.4, 0.5) is 4.79 Å². The fourth-order valence-electron chi connectivity index (χ4n) is 2.29. The number of ether oxygens (including phenoxy) is 1. The maximum absolute atomic E-state index is 12.2. The Bertz CT molecular complexity index is 898.